The van der Waals surface area contributed by atoms with Crippen LogP contribution in [0.4, 0.5) is 4.79 Å². The summed E-state index contributed by atoms with van der Waals surface area (Å²) in [7, 11) is 0. The zero-order chi connectivity index (χ0) is 15.9. The van der Waals surface area contributed by atoms with E-state index in [0.29, 0.717) is 0 Å². The van der Waals surface area contributed by atoms with Gasteiger partial charge in [-0.05, 0) is 0 Å². The molecule has 0 radical (unpaired) electrons. The van der Waals surface area contributed by atoms with Crippen LogP contribution in [-0.2, 0) is 19.2 Å². The number of hydrogen-bond acceptors (Lipinski definition) is 7. The Hall–Kier alpha value is -2.53. The Morgan fingerprint density at radius 2 is 0.850 bits per heavy atom. The average molecular weight is 292 g/mol. The van der Waals surface area contributed by atoms with Crippen molar-refractivity contribution in [3.05, 3.63) is 0 Å². The Kier molecular flexibility index (Phi) is 6.82. The van der Waals surface area contributed by atoms with Crippen LogP contribution in [0.2, 0.25) is 0 Å². The normalized spacial score (nSPS) is 17.5. The summed E-state index contributed by atoms with van der Waals surface area (Å²) in [6.45, 7) is 0. The van der Waals surface area contributed by atoms with Crippen molar-refractivity contribution in [3.8, 4) is 0 Å². The molecule has 0 spiro atoms. The fourth-order valence-corrected chi connectivity index (χ4v) is 1.13. The summed E-state index contributed by atoms with van der Waals surface area (Å²) in [5, 5.41) is 31.1. The van der Waals surface area contributed by atoms with E-state index in [1.807, 2.05) is 0 Å². The molecule has 2 aliphatic rings. The zero-order valence-electron chi connectivity index (χ0n) is 10.1. The van der Waals surface area contributed by atoms with E-state index in [9.17, 15) is 19.2 Å². The molecular weight excluding hydrogens is 280 g/mol. The molecule has 4 amide bonds. The number of hydroxylamine groups is 4. The van der Waals surface area contributed by atoms with Crippen molar-refractivity contribution in [1.29, 1.82) is 0 Å². The van der Waals surface area contributed by atoms with E-state index in [0.717, 1.165) is 0 Å². The molecule has 0 unspecified atom stereocenters. The van der Waals surface area contributed by atoms with Crippen molar-refractivity contribution in [2.75, 3.05) is 0 Å². The molecule has 2 rings (SSSR count). The standard InChI is InChI=1S/2C4H5NO3.CH2O3/c2*6-3-1-2-4(7)5(3)8;2-1(3)4/h2*8H,1-2H2;(H2,2,3,4). The first-order chi connectivity index (χ1) is 9.16. The van der Waals surface area contributed by atoms with Crippen molar-refractivity contribution >= 4 is 29.8 Å². The number of imide groups is 2. The van der Waals surface area contributed by atoms with Crippen LogP contribution in [0.15, 0.2) is 0 Å². The molecule has 0 aliphatic carbocycles. The second kappa shape index (κ2) is 7.81. The zero-order valence-corrected chi connectivity index (χ0v) is 10.1. The van der Waals surface area contributed by atoms with Crippen LogP contribution in [0.25, 0.3) is 0 Å². The van der Waals surface area contributed by atoms with Gasteiger partial charge in [-0.15, -0.1) is 0 Å². The summed E-state index contributed by atoms with van der Waals surface area (Å²) >= 11 is 0. The van der Waals surface area contributed by atoms with Crippen LogP contribution in [0.5, 0.6) is 0 Å². The summed E-state index contributed by atoms with van der Waals surface area (Å²) in [6, 6.07) is 0. The minimum absolute atomic E-state index is 0.148. The quantitative estimate of drug-likeness (QED) is 0.331. The number of carbonyl (C=O) groups is 5. The van der Waals surface area contributed by atoms with Crippen LogP contribution in [0.3, 0.4) is 0 Å². The minimum atomic E-state index is -1.83. The largest absolute Gasteiger partial charge is 0.503 e. The van der Waals surface area contributed by atoms with Gasteiger partial charge in [-0.25, -0.2) is 4.79 Å². The maximum atomic E-state index is 10.2. The SMILES string of the molecule is O=C(O)O.O=C1CCC(=O)N1O.O=C1CCC(=O)N1O. The summed E-state index contributed by atoms with van der Waals surface area (Å²) in [6.07, 6.45) is -1.24. The van der Waals surface area contributed by atoms with Gasteiger partial charge in [-0.3, -0.25) is 29.6 Å². The monoisotopic (exact) mass is 292 g/mol. The van der Waals surface area contributed by atoms with Gasteiger partial charge < -0.3 is 10.2 Å². The Labute approximate surface area is 111 Å². The number of hydrogen-bond donors (Lipinski definition) is 4. The third-order valence-corrected chi connectivity index (χ3v) is 2.05. The molecule has 2 heterocycles. The van der Waals surface area contributed by atoms with Gasteiger partial charge >= 0.3 is 6.16 Å². The van der Waals surface area contributed by atoms with Gasteiger partial charge in [0.05, 0.1) is 0 Å². The molecule has 2 fully saturated rings. The van der Waals surface area contributed by atoms with E-state index in [1.54, 1.807) is 0 Å². The smallest absolute Gasteiger partial charge is 0.450 e. The Balaban J connectivity index is 0.000000289. The molecule has 11 heteroatoms. The second-order valence-electron chi connectivity index (χ2n) is 3.48. The molecule has 2 aliphatic heterocycles. The van der Waals surface area contributed by atoms with Gasteiger partial charge in [0.2, 0.25) is 0 Å². The number of carboxylic acid groups (broad SMARTS) is 2. The Morgan fingerprint density at radius 1 is 0.700 bits per heavy atom. The molecule has 2 saturated heterocycles. The van der Waals surface area contributed by atoms with Gasteiger partial charge in [-0.1, -0.05) is 0 Å². The van der Waals surface area contributed by atoms with Crippen LogP contribution >= 0.6 is 0 Å². The number of amides is 4. The predicted molar refractivity (Wildman–Crippen MR) is 56.4 cm³/mol. The van der Waals surface area contributed by atoms with Crippen LogP contribution in [0, 0.1) is 0 Å². The molecule has 0 saturated carbocycles. The van der Waals surface area contributed by atoms with Gasteiger partial charge in [0.15, 0.2) is 0 Å². The van der Waals surface area contributed by atoms with Crippen molar-refractivity contribution in [2.24, 2.45) is 0 Å². The lowest BCUT2D eigenvalue weighted by atomic mass is 10.4. The highest BCUT2D eigenvalue weighted by molar-refractivity contribution is 6.00. The van der Waals surface area contributed by atoms with Gasteiger partial charge in [-0.2, -0.15) is 10.1 Å². The molecule has 0 aromatic carbocycles. The summed E-state index contributed by atoms with van der Waals surface area (Å²) in [5.74, 6) is -2.02. The van der Waals surface area contributed by atoms with E-state index in [-0.39, 0.29) is 35.8 Å². The lowest BCUT2D eigenvalue weighted by molar-refractivity contribution is -0.172. The molecular formula is C9H12N2O9. The van der Waals surface area contributed by atoms with Crippen molar-refractivity contribution in [1.82, 2.24) is 10.1 Å². The first-order valence-corrected chi connectivity index (χ1v) is 5.18. The third kappa shape index (κ3) is 5.88. The van der Waals surface area contributed by atoms with Gasteiger partial charge in [0, 0.05) is 25.7 Å². The Bertz CT molecular complexity index is 363. The van der Waals surface area contributed by atoms with E-state index in [4.69, 9.17) is 25.4 Å². The highest BCUT2D eigenvalue weighted by Crippen LogP contribution is 2.07. The topological polar surface area (TPSA) is 173 Å². The predicted octanol–water partition coefficient (Wildman–Crippen LogP) is -0.728. The van der Waals surface area contributed by atoms with Crippen molar-refractivity contribution in [2.45, 2.75) is 25.7 Å². The van der Waals surface area contributed by atoms with Crippen molar-refractivity contribution in [3.63, 3.8) is 0 Å². The maximum absolute atomic E-state index is 10.2. The lowest BCUT2D eigenvalue weighted by Gasteiger charge is -1.98. The lowest BCUT2D eigenvalue weighted by Crippen LogP contribution is -2.24. The van der Waals surface area contributed by atoms with E-state index < -0.39 is 29.8 Å². The molecule has 0 aromatic rings. The van der Waals surface area contributed by atoms with Gasteiger partial charge in [0.1, 0.15) is 0 Å². The van der Waals surface area contributed by atoms with E-state index in [2.05, 4.69) is 0 Å². The number of nitrogens with zero attached hydrogens (tertiary/aromatic N) is 2. The minimum Gasteiger partial charge on any atom is -0.450 e. The highest BCUT2D eigenvalue weighted by Gasteiger charge is 2.27. The Morgan fingerprint density at radius 3 is 0.900 bits per heavy atom. The molecule has 112 valence electrons. The fraction of sp³-hybridized carbons (Fsp3) is 0.444. The highest BCUT2D eigenvalue weighted by atomic mass is 16.6. The van der Waals surface area contributed by atoms with Gasteiger partial charge in [0.25, 0.3) is 23.6 Å². The molecule has 4 N–H and O–H groups in total. The second-order valence-corrected chi connectivity index (χ2v) is 3.48. The van der Waals surface area contributed by atoms with Crippen LogP contribution in [-0.4, -0.2) is 60.5 Å². The molecule has 20 heavy (non-hydrogen) atoms. The third-order valence-electron chi connectivity index (χ3n) is 2.05. The molecule has 11 nitrogen and oxygen atoms in total. The summed E-state index contributed by atoms with van der Waals surface area (Å²) in [4.78, 5) is 49.5. The van der Waals surface area contributed by atoms with Crippen LogP contribution < -0.4 is 0 Å². The first-order valence-electron chi connectivity index (χ1n) is 5.18. The first kappa shape index (κ1) is 17.5. The molecule has 0 atom stereocenters. The molecule has 0 bridgehead atoms. The fourth-order valence-electron chi connectivity index (χ4n) is 1.13. The summed E-state index contributed by atoms with van der Waals surface area (Å²) in [5.41, 5.74) is 0. The average Bonchev–Trinajstić information content (AvgIpc) is 2.80. The van der Waals surface area contributed by atoms with Crippen molar-refractivity contribution < 1.29 is 44.6 Å². The number of rotatable bonds is 0. The van der Waals surface area contributed by atoms with E-state index in [1.165, 1.54) is 0 Å². The molecule has 0 aromatic heterocycles. The summed E-state index contributed by atoms with van der Waals surface area (Å²) < 4.78 is 0. The number of carbonyl (C=O) groups excluding carboxylic acids is 4. The maximum Gasteiger partial charge on any atom is 0.503 e. The van der Waals surface area contributed by atoms with Crippen LogP contribution in [0.1, 0.15) is 25.7 Å². The van der Waals surface area contributed by atoms with E-state index >= 15 is 0 Å².